The van der Waals surface area contributed by atoms with Crippen molar-refractivity contribution in [2.45, 2.75) is 52.4 Å². The van der Waals surface area contributed by atoms with Crippen LogP contribution in [0.3, 0.4) is 0 Å². The number of phenolic OH excluding ortho intramolecular Hbond substituents is 1. The number of aryl methyl sites for hydroxylation is 1. The average Bonchev–Trinajstić information content (AvgIpc) is 3.36. The number of fused-ring (bicyclic) bond motifs is 1. The lowest BCUT2D eigenvalue weighted by Gasteiger charge is -2.26. The molecule has 4 heteroatoms. The molecule has 0 fully saturated rings. The monoisotopic (exact) mass is 569 g/mol. The van der Waals surface area contributed by atoms with Gasteiger partial charge in [-0.2, -0.15) is 0 Å². The van der Waals surface area contributed by atoms with Crippen molar-refractivity contribution in [2.75, 3.05) is 0 Å². The molecule has 0 amide bonds. The van der Waals surface area contributed by atoms with Gasteiger partial charge in [-0.15, -0.1) is 0 Å². The van der Waals surface area contributed by atoms with E-state index in [1.54, 1.807) is 12.1 Å². The van der Waals surface area contributed by atoms with Crippen molar-refractivity contribution in [3.8, 4) is 50.6 Å². The lowest BCUT2D eigenvalue weighted by molar-refractivity contribution is 0.476. The summed E-state index contributed by atoms with van der Waals surface area (Å²) in [4.78, 5) is 9.38. The third kappa shape index (κ3) is 5.46. The van der Waals surface area contributed by atoms with Crippen molar-refractivity contribution in [1.82, 2.24) is 14.5 Å². The molecule has 2 aromatic heterocycles. The Morgan fingerprint density at radius 3 is 2.02 bits per heavy atom. The van der Waals surface area contributed by atoms with Gasteiger partial charge in [-0.25, -0.2) is 4.98 Å². The molecule has 4 aromatic carbocycles. The Hall–Kier alpha value is -4.70. The molecule has 2 heterocycles. The number of benzene rings is 4. The standard InChI is InChI=1S/C39H39N3O/c1-38(2,3)29-22-26(23-30(24-29)39(4,5)6)25-19-27(21-28(20-25)33-15-10-11-18-40-33)31-14-12-16-34-36(31)41-37(42(34)7)32-13-8-9-17-35(32)43/h8-24,43H,1-7H3/i10D,11D,15D,18D. The van der Waals surface area contributed by atoms with Crippen LogP contribution < -0.4 is 0 Å². The maximum Gasteiger partial charge on any atom is 0.144 e. The summed E-state index contributed by atoms with van der Waals surface area (Å²) in [7, 11) is 1.93. The van der Waals surface area contributed by atoms with Crippen molar-refractivity contribution >= 4 is 11.0 Å². The fourth-order valence-corrected chi connectivity index (χ4v) is 5.46. The number of pyridine rings is 1. The molecule has 0 saturated carbocycles. The molecule has 0 atom stereocenters. The minimum atomic E-state index is -0.363. The van der Waals surface area contributed by atoms with E-state index < -0.39 is 0 Å². The first kappa shape index (κ1) is 23.8. The first-order valence-corrected chi connectivity index (χ1v) is 14.5. The Balaban J connectivity index is 1.67. The van der Waals surface area contributed by atoms with E-state index in [1.807, 2.05) is 54.1 Å². The minimum Gasteiger partial charge on any atom is -0.507 e. The largest absolute Gasteiger partial charge is 0.507 e. The number of aromatic nitrogens is 3. The Labute approximate surface area is 260 Å². The lowest BCUT2D eigenvalue weighted by atomic mass is 9.78. The van der Waals surface area contributed by atoms with Gasteiger partial charge in [-0.05, 0) is 87.1 Å². The number of imidazole rings is 1. The van der Waals surface area contributed by atoms with E-state index in [0.717, 1.165) is 33.3 Å². The molecule has 43 heavy (non-hydrogen) atoms. The van der Waals surface area contributed by atoms with Crippen LogP contribution in [0.5, 0.6) is 5.75 Å². The second kappa shape index (κ2) is 10.5. The first-order chi connectivity index (χ1) is 22.0. The van der Waals surface area contributed by atoms with Gasteiger partial charge < -0.3 is 9.67 Å². The van der Waals surface area contributed by atoms with Crippen LogP contribution in [0.15, 0.2) is 103 Å². The molecule has 0 aliphatic rings. The Bertz CT molecular complexity index is 2160. The molecule has 4 nitrogen and oxygen atoms in total. The number of rotatable bonds is 4. The van der Waals surface area contributed by atoms with Gasteiger partial charge in [0.2, 0.25) is 0 Å². The van der Waals surface area contributed by atoms with Gasteiger partial charge in [0.25, 0.3) is 0 Å². The molecule has 0 bridgehead atoms. The fourth-order valence-electron chi connectivity index (χ4n) is 5.46. The lowest BCUT2D eigenvalue weighted by Crippen LogP contribution is -2.16. The van der Waals surface area contributed by atoms with Crippen LogP contribution in [0.2, 0.25) is 0 Å². The van der Waals surface area contributed by atoms with E-state index in [-0.39, 0.29) is 46.6 Å². The van der Waals surface area contributed by atoms with Crippen molar-refractivity contribution < 1.29 is 10.6 Å². The zero-order valence-electron chi connectivity index (χ0n) is 29.8. The van der Waals surface area contributed by atoms with Gasteiger partial charge >= 0.3 is 0 Å². The summed E-state index contributed by atoms with van der Waals surface area (Å²) in [6, 6.07) is 25.0. The van der Waals surface area contributed by atoms with E-state index in [0.29, 0.717) is 17.0 Å². The number of hydrogen-bond donors (Lipinski definition) is 1. The first-order valence-electron chi connectivity index (χ1n) is 16.5. The SMILES string of the molecule is [2H]c1nc(-c2cc(-c3cc(C(C)(C)C)cc(C(C)(C)C)c3)cc(-c3cccc4c3nc(-c3ccccc3O)n4C)c2)c([2H])c([2H])c1[2H]. The van der Waals surface area contributed by atoms with Crippen molar-refractivity contribution in [1.29, 1.82) is 0 Å². The van der Waals surface area contributed by atoms with Gasteiger partial charge in [0.05, 0.1) is 27.8 Å². The van der Waals surface area contributed by atoms with Crippen LogP contribution in [0.4, 0.5) is 0 Å². The smallest absolute Gasteiger partial charge is 0.144 e. The third-order valence-electron chi connectivity index (χ3n) is 8.04. The molecular formula is C39H39N3O. The molecule has 0 aliphatic heterocycles. The van der Waals surface area contributed by atoms with E-state index >= 15 is 0 Å². The zero-order valence-corrected chi connectivity index (χ0v) is 25.8. The van der Waals surface area contributed by atoms with Crippen LogP contribution in [0.25, 0.3) is 55.9 Å². The Morgan fingerprint density at radius 1 is 0.698 bits per heavy atom. The van der Waals surface area contributed by atoms with E-state index in [1.165, 1.54) is 11.1 Å². The molecule has 0 unspecified atom stereocenters. The quantitative estimate of drug-likeness (QED) is 0.230. The summed E-state index contributed by atoms with van der Waals surface area (Å²) in [5.41, 5.74) is 8.82. The van der Waals surface area contributed by atoms with Crippen LogP contribution >= 0.6 is 0 Å². The maximum absolute atomic E-state index is 10.7. The van der Waals surface area contributed by atoms with Gasteiger partial charge in [-0.1, -0.05) is 90.0 Å². The number of phenols is 1. The summed E-state index contributed by atoms with van der Waals surface area (Å²) < 4.78 is 35.4. The van der Waals surface area contributed by atoms with Gasteiger partial charge in [0.15, 0.2) is 0 Å². The maximum atomic E-state index is 10.7. The van der Waals surface area contributed by atoms with Crippen molar-refractivity contribution in [3.05, 3.63) is 114 Å². The normalized spacial score (nSPS) is 13.5. The van der Waals surface area contributed by atoms with Crippen LogP contribution in [-0.4, -0.2) is 19.6 Å². The number of aromatic hydroxyl groups is 1. The highest BCUT2D eigenvalue weighted by atomic mass is 16.3. The molecular weight excluding hydrogens is 526 g/mol. The highest BCUT2D eigenvalue weighted by Crippen LogP contribution is 2.40. The molecule has 0 aliphatic carbocycles. The summed E-state index contributed by atoms with van der Waals surface area (Å²) in [6.07, 6.45) is -0.336. The van der Waals surface area contributed by atoms with Gasteiger partial charge in [0, 0.05) is 24.3 Å². The second-order valence-corrected chi connectivity index (χ2v) is 13.2. The molecule has 1 N–H and O–H groups in total. The predicted octanol–water partition coefficient (Wildman–Crippen LogP) is 9.94. The summed E-state index contributed by atoms with van der Waals surface area (Å²) in [5, 5.41) is 10.7. The predicted molar refractivity (Wildman–Crippen MR) is 179 cm³/mol. The van der Waals surface area contributed by atoms with E-state index in [9.17, 15) is 5.11 Å². The highest BCUT2D eigenvalue weighted by molar-refractivity contribution is 5.96. The zero-order chi connectivity index (χ0) is 34.0. The average molecular weight is 570 g/mol. The summed E-state index contributed by atoms with van der Waals surface area (Å²) in [6.45, 7) is 13.2. The number of nitrogens with zero attached hydrogens (tertiary/aromatic N) is 3. The molecule has 0 saturated heterocycles. The molecule has 216 valence electrons. The number of hydrogen-bond acceptors (Lipinski definition) is 3. The van der Waals surface area contributed by atoms with Crippen LogP contribution in [-0.2, 0) is 17.9 Å². The molecule has 6 aromatic rings. The van der Waals surface area contributed by atoms with Crippen LogP contribution in [0, 0.1) is 0 Å². The Morgan fingerprint density at radius 2 is 1.33 bits per heavy atom. The Kier molecular flexibility index (Phi) is 5.84. The van der Waals surface area contributed by atoms with Crippen molar-refractivity contribution in [3.63, 3.8) is 0 Å². The molecule has 0 spiro atoms. The van der Waals surface area contributed by atoms with E-state index in [2.05, 4.69) is 70.8 Å². The van der Waals surface area contributed by atoms with Gasteiger partial charge in [-0.3, -0.25) is 4.98 Å². The van der Waals surface area contributed by atoms with Crippen molar-refractivity contribution in [2.24, 2.45) is 7.05 Å². The van der Waals surface area contributed by atoms with Gasteiger partial charge in [0.1, 0.15) is 11.6 Å². The minimum absolute atomic E-state index is 0.102. The highest BCUT2D eigenvalue weighted by Gasteiger charge is 2.22. The molecule has 0 radical (unpaired) electrons. The van der Waals surface area contributed by atoms with Crippen LogP contribution in [0.1, 0.15) is 58.2 Å². The second-order valence-electron chi connectivity index (χ2n) is 13.2. The topological polar surface area (TPSA) is 50.9 Å². The summed E-state index contributed by atoms with van der Waals surface area (Å²) >= 11 is 0. The summed E-state index contributed by atoms with van der Waals surface area (Å²) in [5.74, 6) is 0.780. The fraction of sp³-hybridized carbons (Fsp3) is 0.231. The third-order valence-corrected chi connectivity index (χ3v) is 8.04. The number of para-hydroxylation sites is 2. The molecule has 6 rings (SSSR count). The van der Waals surface area contributed by atoms with E-state index in [4.69, 9.17) is 10.5 Å².